The molecule has 0 radical (unpaired) electrons. The van der Waals surface area contributed by atoms with Crippen molar-refractivity contribution in [3.8, 4) is 0 Å². The topological polar surface area (TPSA) is 34.1 Å². The van der Waals surface area contributed by atoms with Crippen LogP contribution in [-0.2, 0) is 17.8 Å². The molecule has 0 amide bonds. The van der Waals surface area contributed by atoms with Crippen LogP contribution in [0.5, 0.6) is 0 Å². The van der Waals surface area contributed by atoms with Gasteiger partial charge >= 0.3 is 0 Å². The Kier molecular flexibility index (Phi) is 4.75. The molecule has 0 spiro atoms. The normalized spacial score (nSPS) is 21.2. The van der Waals surface area contributed by atoms with Gasteiger partial charge in [-0.1, -0.05) is 6.92 Å². The zero-order chi connectivity index (χ0) is 11.2. The molecule has 1 atom stereocenters. The van der Waals surface area contributed by atoms with Crippen LogP contribution in [0.2, 0.25) is 0 Å². The second-order valence-corrected chi connectivity index (χ2v) is 5.26. The van der Waals surface area contributed by atoms with E-state index in [4.69, 9.17) is 4.74 Å². The van der Waals surface area contributed by atoms with E-state index in [0.29, 0.717) is 12.5 Å². The third-order valence-electron chi connectivity index (χ3n) is 2.90. The number of hydrogen-bond acceptors (Lipinski definition) is 4. The molecule has 1 aromatic heterocycles. The van der Waals surface area contributed by atoms with Crippen LogP contribution >= 0.6 is 11.3 Å². The first-order valence-corrected chi connectivity index (χ1v) is 6.98. The molecular weight excluding hydrogens is 220 g/mol. The first-order chi connectivity index (χ1) is 7.88. The Balaban J connectivity index is 1.66. The highest BCUT2D eigenvalue weighted by Gasteiger charge is 2.12. The predicted octanol–water partition coefficient (Wildman–Crippen LogP) is 2.22. The molecule has 90 valence electrons. The van der Waals surface area contributed by atoms with Crippen LogP contribution in [-0.4, -0.2) is 24.7 Å². The van der Waals surface area contributed by atoms with Gasteiger partial charge in [0.1, 0.15) is 0 Å². The van der Waals surface area contributed by atoms with Crippen LogP contribution in [0.25, 0.3) is 0 Å². The molecule has 3 nitrogen and oxygen atoms in total. The Morgan fingerprint density at radius 3 is 3.25 bits per heavy atom. The van der Waals surface area contributed by atoms with Gasteiger partial charge < -0.3 is 10.1 Å². The summed E-state index contributed by atoms with van der Waals surface area (Å²) in [5.41, 5.74) is 1.09. The van der Waals surface area contributed by atoms with Gasteiger partial charge in [0.05, 0.1) is 23.9 Å². The van der Waals surface area contributed by atoms with Gasteiger partial charge in [0, 0.05) is 11.9 Å². The van der Waals surface area contributed by atoms with Crippen LogP contribution in [0.4, 0.5) is 0 Å². The first kappa shape index (κ1) is 12.0. The van der Waals surface area contributed by atoms with E-state index in [2.05, 4.69) is 22.6 Å². The fraction of sp³-hybridized carbons (Fsp3) is 0.750. The summed E-state index contributed by atoms with van der Waals surface area (Å²) in [5, 5.41) is 6.72. The summed E-state index contributed by atoms with van der Waals surface area (Å²) < 4.78 is 5.72. The van der Waals surface area contributed by atoms with Crippen molar-refractivity contribution in [2.24, 2.45) is 5.92 Å². The summed E-state index contributed by atoms with van der Waals surface area (Å²) in [6.07, 6.45) is 3.60. The molecule has 16 heavy (non-hydrogen) atoms. The molecule has 0 bridgehead atoms. The minimum atomic E-state index is 0.674. The largest absolute Gasteiger partial charge is 0.375 e. The lowest BCUT2D eigenvalue weighted by atomic mass is 10.0. The highest BCUT2D eigenvalue weighted by Crippen LogP contribution is 2.13. The highest BCUT2D eigenvalue weighted by atomic mass is 32.1. The fourth-order valence-corrected chi connectivity index (χ4v) is 2.70. The molecule has 1 aliphatic rings. The molecule has 1 aliphatic heterocycles. The van der Waals surface area contributed by atoms with Crippen molar-refractivity contribution in [3.63, 3.8) is 0 Å². The standard InChI is InChI=1S/C12H20N2OS/c1-2-12-14-11(9-16-12)8-15-7-10-4-3-5-13-6-10/h9-10,13H,2-8H2,1H3. The molecule has 0 aliphatic carbocycles. The van der Waals surface area contributed by atoms with Gasteiger partial charge in [0.15, 0.2) is 0 Å². The number of thiazole rings is 1. The van der Waals surface area contributed by atoms with Crippen molar-refractivity contribution in [1.29, 1.82) is 0 Å². The summed E-state index contributed by atoms with van der Waals surface area (Å²) in [7, 11) is 0. The number of nitrogens with zero attached hydrogens (tertiary/aromatic N) is 1. The number of hydrogen-bond donors (Lipinski definition) is 1. The molecular formula is C12H20N2OS. The minimum Gasteiger partial charge on any atom is -0.375 e. The van der Waals surface area contributed by atoms with Crippen molar-refractivity contribution in [3.05, 3.63) is 16.1 Å². The smallest absolute Gasteiger partial charge is 0.0926 e. The monoisotopic (exact) mass is 240 g/mol. The van der Waals surface area contributed by atoms with E-state index in [1.54, 1.807) is 11.3 Å². The second-order valence-electron chi connectivity index (χ2n) is 4.31. The zero-order valence-corrected chi connectivity index (χ0v) is 10.7. The third kappa shape index (κ3) is 3.54. The first-order valence-electron chi connectivity index (χ1n) is 6.10. The van der Waals surface area contributed by atoms with Crippen LogP contribution in [0, 0.1) is 5.92 Å². The second kappa shape index (κ2) is 6.33. The maximum Gasteiger partial charge on any atom is 0.0926 e. The Hall–Kier alpha value is -0.450. The van der Waals surface area contributed by atoms with Crippen LogP contribution in [0.1, 0.15) is 30.5 Å². The van der Waals surface area contributed by atoms with E-state index >= 15 is 0 Å². The van der Waals surface area contributed by atoms with E-state index < -0.39 is 0 Å². The molecule has 2 heterocycles. The van der Waals surface area contributed by atoms with Gasteiger partial charge in [-0.05, 0) is 31.7 Å². The lowest BCUT2D eigenvalue weighted by Crippen LogP contribution is -2.32. The van der Waals surface area contributed by atoms with Crippen molar-refractivity contribution >= 4 is 11.3 Å². The maximum absolute atomic E-state index is 5.72. The van der Waals surface area contributed by atoms with Crippen molar-refractivity contribution in [2.45, 2.75) is 32.8 Å². The Bertz CT molecular complexity index is 308. The number of ether oxygens (including phenoxy) is 1. The lowest BCUT2D eigenvalue weighted by molar-refractivity contribution is 0.0766. The van der Waals surface area contributed by atoms with Crippen LogP contribution in [0.15, 0.2) is 5.38 Å². The molecule has 1 aromatic rings. The summed E-state index contributed by atoms with van der Waals surface area (Å²) in [5.74, 6) is 0.693. The summed E-state index contributed by atoms with van der Waals surface area (Å²) >= 11 is 1.73. The molecule has 1 N–H and O–H groups in total. The average molecular weight is 240 g/mol. The van der Waals surface area contributed by atoms with Gasteiger partial charge in [-0.3, -0.25) is 0 Å². The summed E-state index contributed by atoms with van der Waals surface area (Å²) in [6, 6.07) is 0. The number of piperidine rings is 1. The van der Waals surface area contributed by atoms with E-state index in [-0.39, 0.29) is 0 Å². The van der Waals surface area contributed by atoms with E-state index in [1.807, 2.05) is 0 Å². The molecule has 1 fully saturated rings. The Morgan fingerprint density at radius 1 is 1.62 bits per heavy atom. The van der Waals surface area contributed by atoms with E-state index in [9.17, 15) is 0 Å². The highest BCUT2D eigenvalue weighted by molar-refractivity contribution is 7.09. The molecule has 0 aromatic carbocycles. The molecule has 1 unspecified atom stereocenters. The predicted molar refractivity (Wildman–Crippen MR) is 66.7 cm³/mol. The Labute approximate surface area is 101 Å². The van der Waals surface area contributed by atoms with Gasteiger partial charge in [-0.2, -0.15) is 0 Å². The van der Waals surface area contributed by atoms with Crippen LogP contribution in [0.3, 0.4) is 0 Å². The van der Waals surface area contributed by atoms with Gasteiger partial charge in [0.25, 0.3) is 0 Å². The number of nitrogens with one attached hydrogen (secondary N) is 1. The van der Waals surface area contributed by atoms with Crippen molar-refractivity contribution in [1.82, 2.24) is 10.3 Å². The summed E-state index contributed by atoms with van der Waals surface area (Å²) in [4.78, 5) is 4.49. The average Bonchev–Trinajstić information content (AvgIpc) is 2.78. The molecule has 0 saturated carbocycles. The quantitative estimate of drug-likeness (QED) is 0.857. The molecule has 2 rings (SSSR count). The number of aromatic nitrogens is 1. The van der Waals surface area contributed by atoms with Gasteiger partial charge in [0.2, 0.25) is 0 Å². The Morgan fingerprint density at radius 2 is 2.56 bits per heavy atom. The van der Waals surface area contributed by atoms with E-state index in [0.717, 1.165) is 25.3 Å². The third-order valence-corrected chi connectivity index (χ3v) is 3.95. The lowest BCUT2D eigenvalue weighted by Gasteiger charge is -2.22. The number of rotatable bonds is 5. The van der Waals surface area contributed by atoms with E-state index in [1.165, 1.54) is 24.4 Å². The summed E-state index contributed by atoms with van der Waals surface area (Å²) in [6.45, 7) is 5.95. The van der Waals surface area contributed by atoms with Crippen molar-refractivity contribution in [2.75, 3.05) is 19.7 Å². The van der Waals surface area contributed by atoms with Crippen LogP contribution < -0.4 is 5.32 Å². The molecule has 1 saturated heterocycles. The SMILES string of the molecule is CCc1nc(COCC2CCCNC2)cs1. The maximum atomic E-state index is 5.72. The minimum absolute atomic E-state index is 0.674. The zero-order valence-electron chi connectivity index (χ0n) is 9.87. The fourth-order valence-electron chi connectivity index (χ4n) is 1.97. The van der Waals surface area contributed by atoms with Gasteiger partial charge in [-0.15, -0.1) is 11.3 Å². The molecule has 4 heteroatoms. The number of aryl methyl sites for hydroxylation is 1. The van der Waals surface area contributed by atoms with Crippen molar-refractivity contribution < 1.29 is 4.74 Å². The van der Waals surface area contributed by atoms with Gasteiger partial charge in [-0.25, -0.2) is 4.98 Å².